The van der Waals surface area contributed by atoms with E-state index in [-0.39, 0.29) is 19.1 Å². The van der Waals surface area contributed by atoms with Gasteiger partial charge in [0.25, 0.3) is 0 Å². The van der Waals surface area contributed by atoms with Crippen molar-refractivity contribution < 1.29 is 18.4 Å². The fourth-order valence-corrected chi connectivity index (χ4v) is 3.32. The van der Waals surface area contributed by atoms with E-state index in [0.717, 1.165) is 5.56 Å². The third-order valence-electron chi connectivity index (χ3n) is 2.78. The summed E-state index contributed by atoms with van der Waals surface area (Å²) >= 11 is 0. The molecule has 1 atom stereocenters. The van der Waals surface area contributed by atoms with Gasteiger partial charge in [-0.3, -0.25) is 9.36 Å². The summed E-state index contributed by atoms with van der Waals surface area (Å²) in [7, 11) is -3.40. The Labute approximate surface area is 120 Å². The van der Waals surface area contributed by atoms with Crippen molar-refractivity contribution in [1.29, 1.82) is 0 Å². The van der Waals surface area contributed by atoms with Gasteiger partial charge in [-0.25, -0.2) is 0 Å². The molecule has 0 radical (unpaired) electrons. The summed E-state index contributed by atoms with van der Waals surface area (Å²) in [5.74, 6) is -0.334. The van der Waals surface area contributed by atoms with Gasteiger partial charge >= 0.3 is 7.60 Å². The Hall–Kier alpha value is -1.16. The monoisotopic (exact) mass is 299 g/mol. The maximum absolute atomic E-state index is 12.5. The molecular formula is C14H22NO4P. The van der Waals surface area contributed by atoms with Gasteiger partial charge in [0, 0.05) is 6.54 Å². The molecule has 1 aromatic rings. The van der Waals surface area contributed by atoms with E-state index < -0.39 is 13.3 Å². The van der Waals surface area contributed by atoms with Crippen molar-refractivity contribution >= 4 is 13.5 Å². The molecule has 6 heteroatoms. The lowest BCUT2D eigenvalue weighted by atomic mass is 10.2. The van der Waals surface area contributed by atoms with Gasteiger partial charge in [0.15, 0.2) is 0 Å². The third kappa shape index (κ3) is 4.75. The highest BCUT2D eigenvalue weighted by Crippen LogP contribution is 2.52. The molecule has 0 aromatic heterocycles. The molecule has 0 heterocycles. The standard InChI is InChI=1S/C14H22NO4P/c1-4-18-20(17,19-5-2)12(3)14(16)15-11-13-9-7-6-8-10-13/h6-10,12H,4-5,11H2,1-3H3,(H,15,16). The maximum atomic E-state index is 12.5. The number of nitrogens with one attached hydrogen (secondary N) is 1. The number of amides is 1. The average Bonchev–Trinajstić information content (AvgIpc) is 2.45. The van der Waals surface area contributed by atoms with Crippen LogP contribution in [0.4, 0.5) is 0 Å². The van der Waals surface area contributed by atoms with Crippen LogP contribution in [0.3, 0.4) is 0 Å². The molecule has 20 heavy (non-hydrogen) atoms. The smallest absolute Gasteiger partial charge is 0.342 e. The number of hydrogen-bond donors (Lipinski definition) is 1. The minimum absolute atomic E-state index is 0.244. The predicted molar refractivity (Wildman–Crippen MR) is 78.6 cm³/mol. The summed E-state index contributed by atoms with van der Waals surface area (Å²) in [4.78, 5) is 12.1. The second kappa shape index (κ2) is 8.20. The molecule has 1 aromatic carbocycles. The zero-order chi connectivity index (χ0) is 15.0. The molecule has 1 unspecified atom stereocenters. The molecule has 0 aliphatic carbocycles. The first-order valence-electron chi connectivity index (χ1n) is 6.74. The average molecular weight is 299 g/mol. The van der Waals surface area contributed by atoms with E-state index >= 15 is 0 Å². The van der Waals surface area contributed by atoms with Crippen LogP contribution in [0.5, 0.6) is 0 Å². The highest BCUT2D eigenvalue weighted by molar-refractivity contribution is 7.55. The van der Waals surface area contributed by atoms with Crippen molar-refractivity contribution in [3.05, 3.63) is 35.9 Å². The first-order valence-corrected chi connectivity index (χ1v) is 8.35. The fraction of sp³-hybridized carbons (Fsp3) is 0.500. The van der Waals surface area contributed by atoms with Crippen molar-refractivity contribution in [2.75, 3.05) is 13.2 Å². The molecular weight excluding hydrogens is 277 g/mol. The van der Waals surface area contributed by atoms with E-state index in [9.17, 15) is 9.36 Å². The lowest BCUT2D eigenvalue weighted by molar-refractivity contribution is -0.121. The summed E-state index contributed by atoms with van der Waals surface area (Å²) in [5.41, 5.74) is 0.154. The molecule has 0 bridgehead atoms. The molecule has 1 amide bonds. The maximum Gasteiger partial charge on any atom is 0.342 e. The van der Waals surface area contributed by atoms with Crippen molar-refractivity contribution in [3.8, 4) is 0 Å². The van der Waals surface area contributed by atoms with Gasteiger partial charge in [-0.1, -0.05) is 30.3 Å². The Morgan fingerprint density at radius 3 is 2.25 bits per heavy atom. The first kappa shape index (κ1) is 16.9. The van der Waals surface area contributed by atoms with Crippen LogP contribution in [0.25, 0.3) is 0 Å². The first-order chi connectivity index (χ1) is 9.53. The van der Waals surface area contributed by atoms with Crippen LogP contribution in [0, 0.1) is 0 Å². The van der Waals surface area contributed by atoms with Gasteiger partial charge in [0.2, 0.25) is 5.91 Å². The van der Waals surface area contributed by atoms with Crippen molar-refractivity contribution in [1.82, 2.24) is 5.32 Å². The minimum Gasteiger partial charge on any atom is -0.351 e. The normalized spacial score (nSPS) is 12.9. The largest absolute Gasteiger partial charge is 0.351 e. The van der Waals surface area contributed by atoms with Gasteiger partial charge in [-0.2, -0.15) is 0 Å². The van der Waals surface area contributed by atoms with Crippen LogP contribution in [0.15, 0.2) is 30.3 Å². The van der Waals surface area contributed by atoms with E-state index in [4.69, 9.17) is 9.05 Å². The van der Waals surface area contributed by atoms with Crippen LogP contribution < -0.4 is 5.32 Å². The Balaban J connectivity index is 2.63. The summed E-state index contributed by atoms with van der Waals surface area (Å²) in [6.07, 6.45) is 0. The molecule has 1 N–H and O–H groups in total. The predicted octanol–water partition coefficient (Wildman–Crippen LogP) is 2.96. The Bertz CT molecular complexity index is 454. The molecule has 0 aliphatic rings. The van der Waals surface area contributed by atoms with Crippen LogP contribution in [-0.4, -0.2) is 24.8 Å². The van der Waals surface area contributed by atoms with E-state index in [1.54, 1.807) is 20.8 Å². The highest BCUT2D eigenvalue weighted by Gasteiger charge is 2.37. The lowest BCUT2D eigenvalue weighted by Gasteiger charge is -2.22. The molecule has 1 rings (SSSR count). The second-order valence-corrected chi connectivity index (χ2v) is 6.63. The van der Waals surface area contributed by atoms with Gasteiger partial charge < -0.3 is 14.4 Å². The van der Waals surface area contributed by atoms with E-state index in [2.05, 4.69) is 5.32 Å². The summed E-state index contributed by atoms with van der Waals surface area (Å²) in [5, 5.41) is 2.75. The summed E-state index contributed by atoms with van der Waals surface area (Å²) in [6.45, 7) is 5.89. The summed E-state index contributed by atoms with van der Waals surface area (Å²) < 4.78 is 22.8. The number of carbonyl (C=O) groups excluding carboxylic acids is 1. The SMILES string of the molecule is CCOP(=O)(OCC)C(C)C(=O)NCc1ccccc1. The number of benzene rings is 1. The van der Waals surface area contributed by atoms with Crippen molar-refractivity contribution in [2.24, 2.45) is 0 Å². The van der Waals surface area contributed by atoms with Crippen LogP contribution >= 0.6 is 7.60 Å². The molecule has 0 spiro atoms. The number of carbonyl (C=O) groups is 1. The van der Waals surface area contributed by atoms with Gasteiger partial charge in [0.1, 0.15) is 5.66 Å². The third-order valence-corrected chi connectivity index (χ3v) is 5.20. The minimum atomic E-state index is -3.40. The van der Waals surface area contributed by atoms with Crippen LogP contribution in [0.2, 0.25) is 0 Å². The quantitative estimate of drug-likeness (QED) is 0.750. The topological polar surface area (TPSA) is 64.6 Å². The Kier molecular flexibility index (Phi) is 6.93. The molecule has 0 saturated heterocycles. The zero-order valence-corrected chi connectivity index (χ0v) is 13.1. The molecule has 112 valence electrons. The molecule has 5 nitrogen and oxygen atoms in total. The fourth-order valence-electron chi connectivity index (χ4n) is 1.70. The van der Waals surface area contributed by atoms with Gasteiger partial charge in [0.05, 0.1) is 13.2 Å². The Morgan fingerprint density at radius 1 is 1.20 bits per heavy atom. The number of hydrogen-bond acceptors (Lipinski definition) is 4. The van der Waals surface area contributed by atoms with Gasteiger partial charge in [-0.15, -0.1) is 0 Å². The summed E-state index contributed by atoms with van der Waals surface area (Å²) in [6, 6.07) is 9.53. The van der Waals surface area contributed by atoms with E-state index in [1.807, 2.05) is 30.3 Å². The van der Waals surface area contributed by atoms with Gasteiger partial charge in [-0.05, 0) is 26.3 Å². The van der Waals surface area contributed by atoms with Crippen LogP contribution in [0.1, 0.15) is 26.3 Å². The lowest BCUT2D eigenvalue weighted by Crippen LogP contribution is -2.33. The second-order valence-electron chi connectivity index (χ2n) is 4.25. The van der Waals surface area contributed by atoms with E-state index in [1.165, 1.54) is 0 Å². The van der Waals surface area contributed by atoms with E-state index in [0.29, 0.717) is 6.54 Å². The highest BCUT2D eigenvalue weighted by atomic mass is 31.2. The number of rotatable bonds is 8. The Morgan fingerprint density at radius 2 is 1.75 bits per heavy atom. The molecule has 0 aliphatic heterocycles. The zero-order valence-electron chi connectivity index (χ0n) is 12.2. The van der Waals surface area contributed by atoms with Crippen molar-refractivity contribution in [2.45, 2.75) is 33.0 Å². The molecule has 0 fully saturated rings. The van der Waals surface area contributed by atoms with Crippen LogP contribution in [-0.2, 0) is 25.0 Å². The van der Waals surface area contributed by atoms with Crippen molar-refractivity contribution in [3.63, 3.8) is 0 Å². The molecule has 0 saturated carbocycles.